The molecule has 0 saturated heterocycles. The first kappa shape index (κ1) is 21.4. The van der Waals surface area contributed by atoms with E-state index in [2.05, 4.69) is 46.0 Å². The lowest BCUT2D eigenvalue weighted by molar-refractivity contribution is 0.0396. The van der Waals surface area contributed by atoms with E-state index in [1.165, 1.54) is 24.0 Å². The summed E-state index contributed by atoms with van der Waals surface area (Å²) in [6, 6.07) is 8.68. The molecule has 0 aromatic heterocycles. The SMILES string of the molecule is CN=C(NCCC1=CCOCC1)NC1CC2(CCCC2)Oc2ccccc21.I. The van der Waals surface area contributed by atoms with Gasteiger partial charge in [0.2, 0.25) is 0 Å². The highest BCUT2D eigenvalue weighted by atomic mass is 127. The molecule has 0 amide bonds. The molecule has 1 atom stereocenters. The van der Waals surface area contributed by atoms with E-state index in [0.29, 0.717) is 0 Å². The molecular formula is C22H32IN3O2. The summed E-state index contributed by atoms with van der Waals surface area (Å²) in [6.45, 7) is 2.49. The predicted octanol–water partition coefficient (Wildman–Crippen LogP) is 4.34. The molecule has 1 saturated carbocycles. The van der Waals surface area contributed by atoms with Crippen molar-refractivity contribution < 1.29 is 9.47 Å². The maximum atomic E-state index is 6.47. The zero-order valence-electron chi connectivity index (χ0n) is 16.7. The van der Waals surface area contributed by atoms with Gasteiger partial charge in [0.15, 0.2) is 5.96 Å². The molecule has 1 aromatic rings. The maximum Gasteiger partial charge on any atom is 0.191 e. The second-order valence-electron chi connectivity index (χ2n) is 7.87. The van der Waals surface area contributed by atoms with Crippen LogP contribution in [0.2, 0.25) is 0 Å². The van der Waals surface area contributed by atoms with Crippen LogP contribution in [0.5, 0.6) is 5.75 Å². The number of benzene rings is 1. The zero-order valence-corrected chi connectivity index (χ0v) is 19.0. The summed E-state index contributed by atoms with van der Waals surface area (Å²) < 4.78 is 11.8. The van der Waals surface area contributed by atoms with E-state index in [1.807, 2.05) is 7.05 Å². The van der Waals surface area contributed by atoms with Crippen LogP contribution in [-0.2, 0) is 4.74 Å². The first-order valence-electron chi connectivity index (χ1n) is 10.3. The van der Waals surface area contributed by atoms with Crippen LogP contribution in [0, 0.1) is 0 Å². The quantitative estimate of drug-likeness (QED) is 0.281. The standard InChI is InChI=1S/C22H31N3O2.HI/c1-23-21(24-13-8-17-9-14-26-15-10-17)25-19-16-22(11-4-5-12-22)27-20-7-3-2-6-18(19)20;/h2-3,6-7,9,19H,4-5,8,10-16H2,1H3,(H2,23,24,25);1H. The van der Waals surface area contributed by atoms with Crippen LogP contribution in [0.15, 0.2) is 40.9 Å². The van der Waals surface area contributed by atoms with E-state index in [9.17, 15) is 0 Å². The van der Waals surface area contributed by atoms with Crippen molar-refractivity contribution in [2.75, 3.05) is 26.8 Å². The summed E-state index contributed by atoms with van der Waals surface area (Å²) in [5.74, 6) is 1.91. The molecule has 5 nitrogen and oxygen atoms in total. The van der Waals surface area contributed by atoms with Crippen molar-refractivity contribution in [3.05, 3.63) is 41.5 Å². The van der Waals surface area contributed by atoms with Crippen molar-refractivity contribution in [3.8, 4) is 5.75 Å². The summed E-state index contributed by atoms with van der Waals surface area (Å²) in [5.41, 5.74) is 2.72. The summed E-state index contributed by atoms with van der Waals surface area (Å²) in [5, 5.41) is 7.16. The number of nitrogens with one attached hydrogen (secondary N) is 2. The Kier molecular flexibility index (Phi) is 7.62. The Bertz CT molecular complexity index is 713. The van der Waals surface area contributed by atoms with Crippen molar-refractivity contribution in [1.82, 2.24) is 10.6 Å². The molecule has 2 N–H and O–H groups in total. The average molecular weight is 497 g/mol. The second kappa shape index (κ2) is 9.96. The van der Waals surface area contributed by atoms with E-state index in [4.69, 9.17) is 9.47 Å². The molecule has 3 aliphatic rings. The fourth-order valence-electron chi connectivity index (χ4n) is 4.57. The number of para-hydroxylation sites is 1. The number of guanidine groups is 1. The molecule has 2 heterocycles. The Hall–Kier alpha value is -1.28. The molecule has 1 aromatic carbocycles. The fourth-order valence-corrected chi connectivity index (χ4v) is 4.57. The van der Waals surface area contributed by atoms with Gasteiger partial charge in [0.1, 0.15) is 11.4 Å². The zero-order chi connectivity index (χ0) is 18.5. The van der Waals surface area contributed by atoms with Gasteiger partial charge in [-0.05, 0) is 44.6 Å². The predicted molar refractivity (Wildman–Crippen MR) is 124 cm³/mol. The molecule has 1 fully saturated rings. The third kappa shape index (κ3) is 5.00. The number of halogens is 1. The Morgan fingerprint density at radius 3 is 2.82 bits per heavy atom. The van der Waals surface area contributed by atoms with Crippen LogP contribution in [0.4, 0.5) is 0 Å². The first-order valence-corrected chi connectivity index (χ1v) is 10.3. The van der Waals surface area contributed by atoms with Crippen molar-refractivity contribution in [1.29, 1.82) is 0 Å². The number of ether oxygens (including phenoxy) is 2. The van der Waals surface area contributed by atoms with Gasteiger partial charge in [-0.15, -0.1) is 24.0 Å². The maximum absolute atomic E-state index is 6.47. The fraction of sp³-hybridized carbons (Fsp3) is 0.591. The first-order chi connectivity index (χ1) is 13.3. The molecule has 4 rings (SSSR count). The van der Waals surface area contributed by atoms with Gasteiger partial charge in [0, 0.05) is 25.6 Å². The second-order valence-corrected chi connectivity index (χ2v) is 7.87. The third-order valence-electron chi connectivity index (χ3n) is 6.04. The lowest BCUT2D eigenvalue weighted by Crippen LogP contribution is -2.46. The Labute approximate surface area is 185 Å². The Balaban J connectivity index is 0.00000225. The van der Waals surface area contributed by atoms with Crippen LogP contribution in [-0.4, -0.2) is 38.4 Å². The minimum absolute atomic E-state index is 0. The van der Waals surface area contributed by atoms with Crippen molar-refractivity contribution in [2.45, 2.75) is 56.6 Å². The number of rotatable bonds is 4. The van der Waals surface area contributed by atoms with Gasteiger partial charge in [-0.25, -0.2) is 0 Å². The molecule has 0 radical (unpaired) electrons. The van der Waals surface area contributed by atoms with Crippen LogP contribution in [0.3, 0.4) is 0 Å². The van der Waals surface area contributed by atoms with E-state index in [1.54, 1.807) is 0 Å². The van der Waals surface area contributed by atoms with E-state index in [-0.39, 0.29) is 35.6 Å². The summed E-state index contributed by atoms with van der Waals surface area (Å²) in [7, 11) is 1.85. The highest BCUT2D eigenvalue weighted by Gasteiger charge is 2.43. The van der Waals surface area contributed by atoms with Gasteiger partial charge in [-0.3, -0.25) is 4.99 Å². The van der Waals surface area contributed by atoms with E-state index >= 15 is 0 Å². The van der Waals surface area contributed by atoms with Gasteiger partial charge >= 0.3 is 0 Å². The molecule has 1 unspecified atom stereocenters. The lowest BCUT2D eigenvalue weighted by atomic mass is 9.86. The van der Waals surface area contributed by atoms with E-state index < -0.39 is 0 Å². The normalized spacial score (nSPS) is 23.2. The molecular weight excluding hydrogens is 465 g/mol. The van der Waals surface area contributed by atoms with Gasteiger partial charge < -0.3 is 20.1 Å². The topological polar surface area (TPSA) is 54.9 Å². The number of hydrogen-bond acceptors (Lipinski definition) is 3. The molecule has 1 spiro atoms. The number of fused-ring (bicyclic) bond motifs is 1. The van der Waals surface area contributed by atoms with Gasteiger partial charge in [0.05, 0.1) is 19.3 Å². The minimum Gasteiger partial charge on any atom is -0.487 e. The van der Waals surface area contributed by atoms with Crippen LogP contribution < -0.4 is 15.4 Å². The summed E-state index contributed by atoms with van der Waals surface area (Å²) in [4.78, 5) is 4.46. The van der Waals surface area contributed by atoms with Crippen molar-refractivity contribution >= 4 is 29.9 Å². The monoisotopic (exact) mass is 497 g/mol. The van der Waals surface area contributed by atoms with Gasteiger partial charge in [-0.2, -0.15) is 0 Å². The minimum atomic E-state index is -0.00220. The molecule has 6 heteroatoms. The van der Waals surface area contributed by atoms with E-state index in [0.717, 1.165) is 63.6 Å². The molecule has 2 aliphatic heterocycles. The smallest absolute Gasteiger partial charge is 0.191 e. The lowest BCUT2D eigenvalue weighted by Gasteiger charge is -2.40. The number of aliphatic imine (C=N–C) groups is 1. The Morgan fingerprint density at radius 2 is 2.07 bits per heavy atom. The van der Waals surface area contributed by atoms with Crippen LogP contribution in [0.25, 0.3) is 0 Å². The van der Waals surface area contributed by atoms with Crippen molar-refractivity contribution in [2.24, 2.45) is 4.99 Å². The third-order valence-corrected chi connectivity index (χ3v) is 6.04. The number of hydrogen-bond donors (Lipinski definition) is 2. The molecule has 154 valence electrons. The number of nitrogens with zero attached hydrogens (tertiary/aromatic N) is 1. The molecule has 28 heavy (non-hydrogen) atoms. The van der Waals surface area contributed by atoms with Crippen LogP contribution in [0.1, 0.15) is 56.6 Å². The largest absolute Gasteiger partial charge is 0.487 e. The average Bonchev–Trinajstić information content (AvgIpc) is 3.15. The highest BCUT2D eigenvalue weighted by Crippen LogP contribution is 2.46. The Morgan fingerprint density at radius 1 is 1.25 bits per heavy atom. The van der Waals surface area contributed by atoms with Crippen LogP contribution >= 0.6 is 24.0 Å². The van der Waals surface area contributed by atoms with Gasteiger partial charge in [-0.1, -0.05) is 29.8 Å². The summed E-state index contributed by atoms with van der Waals surface area (Å²) >= 11 is 0. The molecule has 1 aliphatic carbocycles. The summed E-state index contributed by atoms with van der Waals surface area (Å²) in [6.07, 6.45) is 10.1. The highest BCUT2D eigenvalue weighted by molar-refractivity contribution is 14.0. The molecule has 0 bridgehead atoms. The van der Waals surface area contributed by atoms with Crippen molar-refractivity contribution in [3.63, 3.8) is 0 Å². The van der Waals surface area contributed by atoms with Gasteiger partial charge in [0.25, 0.3) is 0 Å².